The first kappa shape index (κ1) is 21.9. The molecule has 4 unspecified atom stereocenters. The smallest absolute Gasteiger partial charge is 0.370 e. The monoisotopic (exact) mass is 421 g/mol. The Morgan fingerprint density at radius 2 is 1.93 bits per heavy atom. The predicted molar refractivity (Wildman–Crippen MR) is 112 cm³/mol. The van der Waals surface area contributed by atoms with Gasteiger partial charge in [-0.3, -0.25) is 4.98 Å². The van der Waals surface area contributed by atoms with Crippen molar-refractivity contribution in [2.24, 2.45) is 17.8 Å². The molecule has 30 heavy (non-hydrogen) atoms. The summed E-state index contributed by atoms with van der Waals surface area (Å²) in [5, 5.41) is 0. The van der Waals surface area contributed by atoms with Gasteiger partial charge in [0.1, 0.15) is 0 Å². The van der Waals surface area contributed by atoms with Crippen LogP contribution >= 0.6 is 0 Å². The van der Waals surface area contributed by atoms with E-state index in [1.54, 1.807) is 17.3 Å². The van der Waals surface area contributed by atoms with Crippen molar-refractivity contribution in [1.82, 2.24) is 4.98 Å². The van der Waals surface area contributed by atoms with Gasteiger partial charge in [-0.1, -0.05) is 25.8 Å². The largest absolute Gasteiger partial charge is 0.417 e. The van der Waals surface area contributed by atoms with Crippen LogP contribution in [0.25, 0.3) is 0 Å². The van der Waals surface area contributed by atoms with E-state index in [2.05, 4.69) is 18.8 Å². The summed E-state index contributed by atoms with van der Waals surface area (Å²) in [7, 11) is 0. The topological polar surface area (TPSA) is 22.1 Å². The van der Waals surface area contributed by atoms with E-state index in [9.17, 15) is 13.2 Å². The summed E-state index contributed by atoms with van der Waals surface area (Å²) in [6.07, 6.45) is 9.10. The Morgan fingerprint density at radius 1 is 1.13 bits per heavy atom. The average molecular weight is 422 g/mol. The zero-order valence-electron chi connectivity index (χ0n) is 18.2. The number of rotatable bonds is 3. The van der Waals surface area contributed by atoms with Crippen LogP contribution in [0.3, 0.4) is 0 Å². The van der Waals surface area contributed by atoms with Gasteiger partial charge in [-0.2, -0.15) is 13.2 Å². The lowest BCUT2D eigenvalue weighted by atomic mass is 9.69. The molecule has 4 rings (SSSR count). The van der Waals surface area contributed by atoms with Crippen molar-refractivity contribution in [1.29, 1.82) is 0 Å². The molecule has 5 heteroatoms. The number of halogens is 3. The molecule has 0 aromatic carbocycles. The molecule has 3 fully saturated rings. The number of hydrogen-bond donors (Lipinski definition) is 0. The summed E-state index contributed by atoms with van der Waals surface area (Å²) in [6.45, 7) is 5.40. The van der Waals surface area contributed by atoms with Crippen molar-refractivity contribution in [3.63, 3.8) is 0 Å². The first-order valence-corrected chi connectivity index (χ1v) is 11.7. The first-order valence-electron chi connectivity index (χ1n) is 11.7. The molecule has 1 aliphatic heterocycles. The second kappa shape index (κ2) is 8.64. The summed E-state index contributed by atoms with van der Waals surface area (Å²) in [5.74, 6) is 1.42. The van der Waals surface area contributed by atoms with Crippen molar-refractivity contribution >= 4 is 0 Å². The third kappa shape index (κ3) is 4.32. The van der Waals surface area contributed by atoms with Crippen molar-refractivity contribution in [2.45, 2.75) is 89.8 Å². The molecule has 0 N–H and O–H groups in total. The molecule has 0 amide bonds. The maximum Gasteiger partial charge on any atom is 0.417 e. The fraction of sp³-hybridized carbons (Fsp3) is 0.720. The molecule has 1 spiro atoms. The van der Waals surface area contributed by atoms with Gasteiger partial charge in [0.15, 0.2) is 0 Å². The third-order valence-electron chi connectivity index (χ3n) is 7.90. The summed E-state index contributed by atoms with van der Waals surface area (Å²) < 4.78 is 46.0. The molecule has 2 aliphatic carbocycles. The fourth-order valence-corrected chi connectivity index (χ4v) is 5.86. The second-order valence-corrected chi connectivity index (χ2v) is 9.77. The van der Waals surface area contributed by atoms with E-state index in [1.807, 2.05) is 0 Å². The maximum absolute atomic E-state index is 13.1. The van der Waals surface area contributed by atoms with Crippen LogP contribution in [0.15, 0.2) is 29.6 Å². The maximum atomic E-state index is 13.1. The third-order valence-corrected chi connectivity index (χ3v) is 7.90. The van der Waals surface area contributed by atoms with Gasteiger partial charge in [0, 0.05) is 12.4 Å². The molecule has 0 radical (unpaired) electrons. The fourth-order valence-electron chi connectivity index (χ4n) is 5.86. The van der Waals surface area contributed by atoms with Crippen molar-refractivity contribution in [3.05, 3.63) is 40.7 Å². The number of ether oxygens (including phenoxy) is 1. The highest BCUT2D eigenvalue weighted by Gasteiger charge is 2.47. The summed E-state index contributed by atoms with van der Waals surface area (Å²) in [6, 6.07) is 1.28. The van der Waals surface area contributed by atoms with Crippen LogP contribution in [0, 0.1) is 17.8 Å². The quantitative estimate of drug-likeness (QED) is 0.484. The normalized spacial score (nSPS) is 32.8. The van der Waals surface area contributed by atoms with Gasteiger partial charge in [0.2, 0.25) is 0 Å². The molecular formula is C25H34F3NO. The highest BCUT2D eigenvalue weighted by Crippen LogP contribution is 2.51. The standard InChI is InChI=1S/C25H34F3NO/c1-3-18-9-10-24(30-16-18)17(2)11-19(7-8-23(24)21-5-4-6-21)12-20-13-22(15-29-14-20)25(26,27)28/h13-15,17-19H,3-12,16H2,1-2H3. The highest BCUT2D eigenvalue weighted by atomic mass is 19.4. The Morgan fingerprint density at radius 3 is 2.53 bits per heavy atom. The van der Waals surface area contributed by atoms with Crippen LogP contribution in [-0.2, 0) is 17.3 Å². The Bertz CT molecular complexity index is 771. The summed E-state index contributed by atoms with van der Waals surface area (Å²) >= 11 is 0. The van der Waals surface area contributed by atoms with Gasteiger partial charge in [0.25, 0.3) is 0 Å². The van der Waals surface area contributed by atoms with E-state index < -0.39 is 11.7 Å². The lowest BCUT2D eigenvalue weighted by molar-refractivity contribution is -0.137. The molecule has 1 saturated heterocycles. The van der Waals surface area contributed by atoms with Crippen LogP contribution in [-0.4, -0.2) is 17.2 Å². The van der Waals surface area contributed by atoms with Crippen LogP contribution in [0.1, 0.15) is 82.8 Å². The first-order chi connectivity index (χ1) is 14.3. The van der Waals surface area contributed by atoms with Crippen molar-refractivity contribution < 1.29 is 17.9 Å². The van der Waals surface area contributed by atoms with Gasteiger partial charge in [-0.15, -0.1) is 0 Å². The molecule has 1 aromatic rings. The zero-order valence-corrected chi connectivity index (χ0v) is 18.2. The lowest BCUT2D eigenvalue weighted by Crippen LogP contribution is -2.46. The molecule has 0 bridgehead atoms. The average Bonchev–Trinajstić information content (AvgIpc) is 2.79. The molecule has 2 saturated carbocycles. The van der Waals surface area contributed by atoms with Crippen LogP contribution in [0.2, 0.25) is 0 Å². The van der Waals surface area contributed by atoms with Crippen LogP contribution < -0.4 is 0 Å². The Labute approximate surface area is 178 Å². The molecule has 2 heterocycles. The summed E-state index contributed by atoms with van der Waals surface area (Å²) in [5.41, 5.74) is 3.09. The number of alkyl halides is 3. The molecule has 4 atom stereocenters. The van der Waals surface area contributed by atoms with Crippen molar-refractivity contribution in [2.75, 3.05) is 6.61 Å². The minimum absolute atomic E-state index is 0.137. The van der Waals surface area contributed by atoms with Crippen LogP contribution in [0.4, 0.5) is 13.2 Å². The number of nitrogens with zero attached hydrogens (tertiary/aromatic N) is 1. The number of hydrogen-bond acceptors (Lipinski definition) is 2. The Kier molecular flexibility index (Phi) is 6.30. The van der Waals surface area contributed by atoms with E-state index in [-0.39, 0.29) is 5.60 Å². The number of aromatic nitrogens is 1. The minimum atomic E-state index is -4.34. The number of pyridine rings is 1. The Hall–Kier alpha value is -1.36. The predicted octanol–water partition coefficient (Wildman–Crippen LogP) is 7.14. The van der Waals surface area contributed by atoms with Crippen molar-refractivity contribution in [3.8, 4) is 0 Å². The van der Waals surface area contributed by atoms with E-state index in [4.69, 9.17) is 4.74 Å². The summed E-state index contributed by atoms with van der Waals surface area (Å²) in [4.78, 5) is 3.87. The van der Waals surface area contributed by atoms with Crippen LogP contribution in [0.5, 0.6) is 0 Å². The van der Waals surface area contributed by atoms with Gasteiger partial charge in [-0.25, -0.2) is 0 Å². The van der Waals surface area contributed by atoms with E-state index in [1.165, 1.54) is 38.2 Å². The van der Waals surface area contributed by atoms with Gasteiger partial charge in [0.05, 0.1) is 17.8 Å². The second-order valence-electron chi connectivity index (χ2n) is 9.77. The molecule has 3 aliphatic rings. The SMILES string of the molecule is CCC1CCC2(OC1)C(=C1CCC1)CCC(Cc1cncc(C(F)(F)F)c1)CC2C. The molecule has 1 aromatic heterocycles. The molecule has 166 valence electrons. The zero-order chi connectivity index (χ0) is 21.4. The minimum Gasteiger partial charge on any atom is -0.370 e. The lowest BCUT2D eigenvalue weighted by Gasteiger charge is -2.47. The van der Waals surface area contributed by atoms with Gasteiger partial charge in [-0.05, 0) is 92.7 Å². The van der Waals surface area contributed by atoms with Gasteiger partial charge < -0.3 is 4.74 Å². The highest BCUT2D eigenvalue weighted by molar-refractivity contribution is 5.31. The molecule has 2 nitrogen and oxygen atoms in total. The molecular weight excluding hydrogens is 387 g/mol. The van der Waals surface area contributed by atoms with E-state index >= 15 is 0 Å². The van der Waals surface area contributed by atoms with E-state index in [0.29, 0.717) is 29.7 Å². The Balaban J connectivity index is 1.55. The van der Waals surface area contributed by atoms with Gasteiger partial charge >= 0.3 is 6.18 Å². The van der Waals surface area contributed by atoms with E-state index in [0.717, 1.165) is 38.5 Å². The number of allylic oxidation sites excluding steroid dienone is 1.